The van der Waals surface area contributed by atoms with Crippen LogP contribution in [0.15, 0.2) is 4.99 Å². The Labute approximate surface area is 143 Å². The number of hydrogen-bond donors (Lipinski definition) is 2. The zero-order valence-electron chi connectivity index (χ0n) is 14.8. The van der Waals surface area contributed by atoms with Gasteiger partial charge in [-0.1, -0.05) is 0 Å². The van der Waals surface area contributed by atoms with Gasteiger partial charge < -0.3 is 15.4 Å². The molecular formula is C16H31F3N4O. The van der Waals surface area contributed by atoms with Gasteiger partial charge in [-0.25, -0.2) is 0 Å². The van der Waals surface area contributed by atoms with Crippen LogP contribution in [0.1, 0.15) is 32.6 Å². The van der Waals surface area contributed by atoms with Crippen molar-refractivity contribution in [2.24, 2.45) is 10.9 Å². The van der Waals surface area contributed by atoms with Gasteiger partial charge in [0.25, 0.3) is 0 Å². The first-order valence-corrected chi connectivity index (χ1v) is 8.76. The van der Waals surface area contributed by atoms with Crippen LogP contribution in [0.3, 0.4) is 0 Å². The predicted octanol–water partition coefficient (Wildman–Crippen LogP) is 2.24. The van der Waals surface area contributed by atoms with Gasteiger partial charge in [-0.2, -0.15) is 13.2 Å². The van der Waals surface area contributed by atoms with E-state index < -0.39 is 12.7 Å². The first kappa shape index (κ1) is 21.0. The van der Waals surface area contributed by atoms with Crippen molar-refractivity contribution >= 4 is 5.96 Å². The molecule has 0 bridgehead atoms. The number of rotatable bonds is 12. The van der Waals surface area contributed by atoms with E-state index in [4.69, 9.17) is 4.74 Å². The number of aliphatic imine (C=N–C) groups is 1. The Bertz CT molecular complexity index is 360. The molecule has 0 aromatic carbocycles. The first-order chi connectivity index (χ1) is 11.4. The lowest BCUT2D eigenvalue weighted by atomic mass is 10.4. The molecule has 0 aromatic heterocycles. The molecule has 1 fully saturated rings. The van der Waals surface area contributed by atoms with E-state index in [9.17, 15) is 13.2 Å². The molecule has 0 saturated heterocycles. The predicted molar refractivity (Wildman–Crippen MR) is 90.3 cm³/mol. The summed E-state index contributed by atoms with van der Waals surface area (Å²) in [7, 11) is 1.48. The topological polar surface area (TPSA) is 48.9 Å². The summed E-state index contributed by atoms with van der Waals surface area (Å²) in [6.07, 6.45) is -0.0468. The van der Waals surface area contributed by atoms with Crippen molar-refractivity contribution in [1.82, 2.24) is 15.5 Å². The van der Waals surface area contributed by atoms with E-state index in [0.29, 0.717) is 32.0 Å². The average molecular weight is 352 g/mol. The van der Waals surface area contributed by atoms with E-state index >= 15 is 0 Å². The highest BCUT2D eigenvalue weighted by molar-refractivity contribution is 5.79. The molecule has 0 unspecified atom stereocenters. The van der Waals surface area contributed by atoms with Crippen molar-refractivity contribution in [3.8, 4) is 0 Å². The third kappa shape index (κ3) is 12.4. The lowest BCUT2D eigenvalue weighted by Gasteiger charge is -2.18. The molecular weight excluding hydrogens is 321 g/mol. The van der Waals surface area contributed by atoms with Gasteiger partial charge in [0.2, 0.25) is 0 Å². The molecule has 1 aliphatic rings. The van der Waals surface area contributed by atoms with E-state index in [2.05, 4.69) is 15.6 Å². The maximum absolute atomic E-state index is 12.2. The summed E-state index contributed by atoms with van der Waals surface area (Å²) in [4.78, 5) is 5.72. The van der Waals surface area contributed by atoms with Gasteiger partial charge in [-0.3, -0.25) is 9.89 Å². The number of guanidine groups is 1. The Kier molecular flexibility index (Phi) is 10.1. The summed E-state index contributed by atoms with van der Waals surface area (Å²) in [5, 5.41) is 6.28. The number of nitrogens with one attached hydrogen (secondary N) is 2. The maximum atomic E-state index is 12.2. The second kappa shape index (κ2) is 11.5. The molecule has 0 spiro atoms. The molecule has 8 heteroatoms. The minimum atomic E-state index is -4.14. The van der Waals surface area contributed by atoms with Crippen LogP contribution in [0.5, 0.6) is 0 Å². The Hall–Kier alpha value is -1.02. The van der Waals surface area contributed by atoms with Crippen LogP contribution < -0.4 is 10.6 Å². The Morgan fingerprint density at radius 3 is 2.62 bits per heavy atom. The molecule has 5 nitrogen and oxygen atoms in total. The molecule has 24 heavy (non-hydrogen) atoms. The summed E-state index contributed by atoms with van der Waals surface area (Å²) in [6.45, 7) is 5.10. The maximum Gasteiger partial charge on any atom is 0.401 e. The zero-order chi connectivity index (χ0) is 17.8. The van der Waals surface area contributed by atoms with Gasteiger partial charge >= 0.3 is 6.18 Å². The minimum Gasteiger partial charge on any atom is -0.381 e. The minimum absolute atomic E-state index is 0.390. The van der Waals surface area contributed by atoms with Crippen molar-refractivity contribution in [2.75, 3.05) is 53.0 Å². The largest absolute Gasteiger partial charge is 0.401 e. The van der Waals surface area contributed by atoms with Crippen LogP contribution in [0.25, 0.3) is 0 Å². The van der Waals surface area contributed by atoms with Gasteiger partial charge in [-0.05, 0) is 52.1 Å². The SMILES string of the molecule is CCNC(=NCCCOCC1CC1)NCCCN(C)CC(F)(F)F. The zero-order valence-corrected chi connectivity index (χ0v) is 14.8. The third-order valence-corrected chi connectivity index (χ3v) is 3.57. The molecule has 0 heterocycles. The molecule has 1 rings (SSSR count). The van der Waals surface area contributed by atoms with Gasteiger partial charge in [0.05, 0.1) is 6.54 Å². The highest BCUT2D eigenvalue weighted by Crippen LogP contribution is 2.28. The number of nitrogens with zero attached hydrogens (tertiary/aromatic N) is 2. The van der Waals surface area contributed by atoms with E-state index in [0.717, 1.165) is 32.1 Å². The highest BCUT2D eigenvalue weighted by atomic mass is 19.4. The van der Waals surface area contributed by atoms with Gasteiger partial charge in [0, 0.05) is 32.8 Å². The lowest BCUT2D eigenvalue weighted by molar-refractivity contribution is -0.143. The Morgan fingerprint density at radius 2 is 2.00 bits per heavy atom. The number of ether oxygens (including phenoxy) is 1. The Morgan fingerprint density at radius 1 is 1.25 bits per heavy atom. The standard InChI is InChI=1S/C16H31F3N4O/c1-3-20-15(22-9-5-11-24-12-14-6-7-14)21-8-4-10-23(2)13-16(17,18)19/h14H,3-13H2,1-2H3,(H2,20,21,22). The Balaban J connectivity index is 2.08. The summed E-state index contributed by atoms with van der Waals surface area (Å²) in [5.41, 5.74) is 0. The van der Waals surface area contributed by atoms with Crippen molar-refractivity contribution in [3.63, 3.8) is 0 Å². The van der Waals surface area contributed by atoms with Crippen LogP contribution in [0.4, 0.5) is 13.2 Å². The van der Waals surface area contributed by atoms with E-state index in [1.807, 2.05) is 6.92 Å². The third-order valence-electron chi connectivity index (χ3n) is 3.57. The first-order valence-electron chi connectivity index (χ1n) is 8.76. The lowest BCUT2D eigenvalue weighted by Crippen LogP contribution is -2.39. The van der Waals surface area contributed by atoms with Crippen molar-refractivity contribution in [3.05, 3.63) is 0 Å². The second-order valence-electron chi connectivity index (χ2n) is 6.27. The van der Waals surface area contributed by atoms with Gasteiger partial charge in [0.15, 0.2) is 5.96 Å². The summed E-state index contributed by atoms with van der Waals surface area (Å²) in [6, 6.07) is 0. The summed E-state index contributed by atoms with van der Waals surface area (Å²) >= 11 is 0. The van der Waals surface area contributed by atoms with Crippen LogP contribution in [0, 0.1) is 5.92 Å². The molecule has 142 valence electrons. The summed E-state index contributed by atoms with van der Waals surface area (Å²) < 4.78 is 42.2. The fourth-order valence-corrected chi connectivity index (χ4v) is 2.17. The van der Waals surface area contributed by atoms with E-state index in [1.165, 1.54) is 24.8 Å². The van der Waals surface area contributed by atoms with Crippen LogP contribution in [-0.2, 0) is 4.74 Å². The van der Waals surface area contributed by atoms with Crippen LogP contribution in [0.2, 0.25) is 0 Å². The van der Waals surface area contributed by atoms with Crippen molar-refractivity contribution in [1.29, 1.82) is 0 Å². The van der Waals surface area contributed by atoms with Crippen LogP contribution in [-0.4, -0.2) is 70.0 Å². The molecule has 0 aliphatic heterocycles. The van der Waals surface area contributed by atoms with Crippen LogP contribution >= 0.6 is 0 Å². The van der Waals surface area contributed by atoms with E-state index in [-0.39, 0.29) is 0 Å². The molecule has 0 radical (unpaired) electrons. The fourth-order valence-electron chi connectivity index (χ4n) is 2.17. The monoisotopic (exact) mass is 352 g/mol. The molecule has 2 N–H and O–H groups in total. The number of alkyl halides is 3. The molecule has 0 atom stereocenters. The van der Waals surface area contributed by atoms with Gasteiger partial charge in [0.1, 0.15) is 0 Å². The van der Waals surface area contributed by atoms with Crippen molar-refractivity contribution in [2.45, 2.75) is 38.8 Å². The molecule has 1 saturated carbocycles. The normalized spacial score (nSPS) is 15.8. The molecule has 0 amide bonds. The highest BCUT2D eigenvalue weighted by Gasteiger charge is 2.28. The fraction of sp³-hybridized carbons (Fsp3) is 0.938. The smallest absolute Gasteiger partial charge is 0.381 e. The average Bonchev–Trinajstić information content (AvgIpc) is 3.29. The summed E-state index contributed by atoms with van der Waals surface area (Å²) in [5.74, 6) is 1.49. The quantitative estimate of drug-likeness (QED) is 0.321. The van der Waals surface area contributed by atoms with Gasteiger partial charge in [-0.15, -0.1) is 0 Å². The number of halogens is 3. The van der Waals surface area contributed by atoms with Crippen molar-refractivity contribution < 1.29 is 17.9 Å². The number of hydrogen-bond acceptors (Lipinski definition) is 3. The molecule has 0 aromatic rings. The molecule has 1 aliphatic carbocycles. The second-order valence-corrected chi connectivity index (χ2v) is 6.27. The van der Waals surface area contributed by atoms with E-state index in [1.54, 1.807) is 0 Å².